The molecule has 0 spiro atoms. The van der Waals surface area contributed by atoms with Gasteiger partial charge in [0.1, 0.15) is 0 Å². The van der Waals surface area contributed by atoms with E-state index >= 15 is 0 Å². The zero-order valence-electron chi connectivity index (χ0n) is 16.1. The van der Waals surface area contributed by atoms with Gasteiger partial charge in [0, 0.05) is 11.7 Å². The molecule has 5 nitrogen and oxygen atoms in total. The second kappa shape index (κ2) is 9.04. The fraction of sp³-hybridized carbons (Fsp3) is 0.217. The molecule has 3 rings (SSSR count). The van der Waals surface area contributed by atoms with E-state index in [4.69, 9.17) is 4.42 Å². The van der Waals surface area contributed by atoms with Crippen LogP contribution >= 0.6 is 0 Å². The van der Waals surface area contributed by atoms with Gasteiger partial charge in [0.25, 0.3) is 5.91 Å². The van der Waals surface area contributed by atoms with Gasteiger partial charge in [-0.05, 0) is 49.2 Å². The average Bonchev–Trinajstić information content (AvgIpc) is 3.21. The van der Waals surface area contributed by atoms with Crippen LogP contribution in [-0.2, 0) is 17.8 Å². The third-order valence-corrected chi connectivity index (χ3v) is 4.20. The summed E-state index contributed by atoms with van der Waals surface area (Å²) in [4.78, 5) is 26.8. The van der Waals surface area contributed by atoms with Crippen LogP contribution in [0.25, 0.3) is 0 Å². The molecule has 5 heteroatoms. The first kappa shape index (κ1) is 19.4. The minimum absolute atomic E-state index is 0.0425. The zero-order valence-corrected chi connectivity index (χ0v) is 16.1. The van der Waals surface area contributed by atoms with Crippen LogP contribution in [0.15, 0.2) is 77.4 Å². The molecule has 1 N–H and O–H groups in total. The molecule has 1 heterocycles. The molecule has 0 saturated carbocycles. The summed E-state index contributed by atoms with van der Waals surface area (Å²) in [5, 5.41) is 2.89. The summed E-state index contributed by atoms with van der Waals surface area (Å²) in [6.07, 6.45) is 1.75. The van der Waals surface area contributed by atoms with Crippen molar-refractivity contribution in [1.82, 2.24) is 5.32 Å². The molecule has 0 aliphatic heterocycles. The van der Waals surface area contributed by atoms with E-state index in [0.29, 0.717) is 6.54 Å². The molecule has 0 bridgehead atoms. The molecule has 28 heavy (non-hydrogen) atoms. The summed E-state index contributed by atoms with van der Waals surface area (Å²) in [7, 11) is 0. The van der Waals surface area contributed by atoms with Crippen LogP contribution in [0.2, 0.25) is 0 Å². The lowest BCUT2D eigenvalue weighted by atomic mass is 10.1. The number of furan rings is 1. The minimum Gasteiger partial charge on any atom is -0.459 e. The van der Waals surface area contributed by atoms with E-state index in [1.165, 1.54) is 6.26 Å². The molecule has 1 aromatic heterocycles. The number of nitrogens with one attached hydrogen (secondary N) is 1. The Balaban J connectivity index is 1.88. The van der Waals surface area contributed by atoms with E-state index < -0.39 is 0 Å². The molecule has 3 aromatic rings. The van der Waals surface area contributed by atoms with Gasteiger partial charge in [0.2, 0.25) is 5.91 Å². The molecule has 0 atom stereocenters. The third-order valence-electron chi connectivity index (χ3n) is 4.20. The summed E-state index contributed by atoms with van der Waals surface area (Å²) in [6, 6.07) is 20.7. The molecule has 2 amide bonds. The largest absolute Gasteiger partial charge is 0.459 e. The molecule has 144 valence electrons. The van der Waals surface area contributed by atoms with Crippen molar-refractivity contribution in [3.05, 3.63) is 89.9 Å². The van der Waals surface area contributed by atoms with Crippen molar-refractivity contribution in [3.8, 4) is 0 Å². The Morgan fingerprint density at radius 3 is 2.39 bits per heavy atom. The number of anilines is 1. The molecule has 0 aliphatic carbocycles. The van der Waals surface area contributed by atoms with Gasteiger partial charge in [-0.15, -0.1) is 0 Å². The van der Waals surface area contributed by atoms with Gasteiger partial charge in [-0.25, -0.2) is 0 Å². The zero-order chi connectivity index (χ0) is 19.9. The van der Waals surface area contributed by atoms with Crippen molar-refractivity contribution in [2.24, 2.45) is 0 Å². The van der Waals surface area contributed by atoms with Crippen LogP contribution in [0.1, 0.15) is 35.5 Å². The monoisotopic (exact) mass is 376 g/mol. The van der Waals surface area contributed by atoms with Crippen LogP contribution in [0.4, 0.5) is 5.69 Å². The number of hydrogen-bond acceptors (Lipinski definition) is 3. The number of benzene rings is 2. The van der Waals surface area contributed by atoms with E-state index in [2.05, 4.69) is 5.32 Å². The molecule has 0 fully saturated rings. The van der Waals surface area contributed by atoms with E-state index in [1.54, 1.807) is 17.0 Å². The minimum atomic E-state index is -0.224. The Bertz CT molecular complexity index is 918. The van der Waals surface area contributed by atoms with E-state index in [9.17, 15) is 9.59 Å². The van der Waals surface area contributed by atoms with Crippen LogP contribution in [0.5, 0.6) is 0 Å². The van der Waals surface area contributed by atoms with Crippen molar-refractivity contribution >= 4 is 17.5 Å². The maximum absolute atomic E-state index is 13.0. The van der Waals surface area contributed by atoms with Gasteiger partial charge in [0.15, 0.2) is 5.76 Å². The Morgan fingerprint density at radius 2 is 1.71 bits per heavy atom. The smallest absolute Gasteiger partial charge is 0.294 e. The van der Waals surface area contributed by atoms with Gasteiger partial charge in [-0.3, -0.25) is 9.59 Å². The van der Waals surface area contributed by atoms with Crippen LogP contribution in [0.3, 0.4) is 0 Å². The number of nitrogens with zero attached hydrogens (tertiary/aromatic N) is 1. The summed E-state index contributed by atoms with van der Waals surface area (Å²) in [5.41, 5.74) is 2.58. The lowest BCUT2D eigenvalue weighted by Crippen LogP contribution is -2.32. The lowest BCUT2D eigenvalue weighted by molar-refractivity contribution is -0.120. The van der Waals surface area contributed by atoms with Crippen molar-refractivity contribution in [1.29, 1.82) is 0 Å². The standard InChI is InChI=1S/C23H24N2O3/c1-17(2)24-22(26)15-19-10-6-11-20(14-19)25(16-18-8-4-3-5-9-18)23(27)21-12-7-13-28-21/h3-14,17H,15-16H2,1-2H3,(H,24,26). The molecule has 0 saturated heterocycles. The Morgan fingerprint density at radius 1 is 0.964 bits per heavy atom. The topological polar surface area (TPSA) is 62.6 Å². The number of carbonyl (C=O) groups is 2. The van der Waals surface area contributed by atoms with Crippen molar-refractivity contribution in [2.45, 2.75) is 32.9 Å². The van der Waals surface area contributed by atoms with Gasteiger partial charge < -0.3 is 14.6 Å². The second-order valence-electron chi connectivity index (χ2n) is 6.92. The highest BCUT2D eigenvalue weighted by Gasteiger charge is 2.21. The predicted molar refractivity (Wildman–Crippen MR) is 109 cm³/mol. The van der Waals surface area contributed by atoms with Crippen molar-refractivity contribution in [2.75, 3.05) is 4.90 Å². The molecule has 0 unspecified atom stereocenters. The SMILES string of the molecule is CC(C)NC(=O)Cc1cccc(N(Cc2ccccc2)C(=O)c2ccco2)c1. The maximum atomic E-state index is 13.0. The van der Waals surface area contributed by atoms with E-state index in [0.717, 1.165) is 16.8 Å². The fourth-order valence-electron chi connectivity index (χ4n) is 2.97. The maximum Gasteiger partial charge on any atom is 0.294 e. The van der Waals surface area contributed by atoms with Crippen molar-refractivity contribution in [3.63, 3.8) is 0 Å². The van der Waals surface area contributed by atoms with Gasteiger partial charge in [-0.1, -0.05) is 42.5 Å². The van der Waals surface area contributed by atoms with Gasteiger partial charge >= 0.3 is 0 Å². The highest BCUT2D eigenvalue weighted by molar-refractivity contribution is 6.04. The normalized spacial score (nSPS) is 10.7. The average molecular weight is 376 g/mol. The third kappa shape index (κ3) is 5.10. The van der Waals surface area contributed by atoms with Gasteiger partial charge in [0.05, 0.1) is 19.2 Å². The highest BCUT2D eigenvalue weighted by Crippen LogP contribution is 2.22. The molecule has 2 aromatic carbocycles. The first-order valence-electron chi connectivity index (χ1n) is 9.30. The van der Waals surface area contributed by atoms with E-state index in [1.807, 2.05) is 68.4 Å². The molecular weight excluding hydrogens is 352 g/mol. The predicted octanol–water partition coefficient (Wildman–Crippen LogP) is 4.19. The second-order valence-corrected chi connectivity index (χ2v) is 6.92. The van der Waals surface area contributed by atoms with Crippen LogP contribution < -0.4 is 10.2 Å². The number of carbonyl (C=O) groups excluding carboxylic acids is 2. The first-order chi connectivity index (χ1) is 13.5. The molecule has 0 aliphatic rings. The highest BCUT2D eigenvalue weighted by atomic mass is 16.3. The first-order valence-corrected chi connectivity index (χ1v) is 9.30. The fourth-order valence-corrected chi connectivity index (χ4v) is 2.97. The van der Waals surface area contributed by atoms with Crippen LogP contribution in [-0.4, -0.2) is 17.9 Å². The summed E-state index contributed by atoms with van der Waals surface area (Å²) in [5.74, 6) is 0.00985. The lowest BCUT2D eigenvalue weighted by Gasteiger charge is -2.23. The summed E-state index contributed by atoms with van der Waals surface area (Å²) < 4.78 is 5.32. The number of hydrogen-bond donors (Lipinski definition) is 1. The molecular formula is C23H24N2O3. The molecule has 0 radical (unpaired) electrons. The quantitative estimate of drug-likeness (QED) is 0.672. The van der Waals surface area contributed by atoms with Gasteiger partial charge in [-0.2, -0.15) is 0 Å². The summed E-state index contributed by atoms with van der Waals surface area (Å²) >= 11 is 0. The van der Waals surface area contributed by atoms with Crippen molar-refractivity contribution < 1.29 is 14.0 Å². The number of amides is 2. The Kier molecular flexibility index (Phi) is 6.27. The van der Waals surface area contributed by atoms with E-state index in [-0.39, 0.29) is 30.0 Å². The van der Waals surface area contributed by atoms with Crippen LogP contribution in [0, 0.1) is 0 Å². The Hall–Kier alpha value is -3.34. The Labute approximate surface area is 165 Å². The number of rotatable bonds is 7. The summed E-state index contributed by atoms with van der Waals surface area (Å²) in [6.45, 7) is 4.26.